The summed E-state index contributed by atoms with van der Waals surface area (Å²) in [5.41, 5.74) is 0.995. The normalized spacial score (nSPS) is 28.1. The van der Waals surface area contributed by atoms with E-state index in [1.54, 1.807) is 0 Å². The third-order valence-electron chi connectivity index (χ3n) is 5.71. The van der Waals surface area contributed by atoms with Crippen molar-refractivity contribution in [1.82, 2.24) is 0 Å². The summed E-state index contributed by atoms with van der Waals surface area (Å²) < 4.78 is 0. The van der Waals surface area contributed by atoms with Crippen LogP contribution in [0.3, 0.4) is 0 Å². The Hall–Kier alpha value is 0. The average Bonchev–Trinajstić information content (AvgIpc) is 2.72. The van der Waals surface area contributed by atoms with Crippen LogP contribution in [0, 0.1) is 28.6 Å². The molecule has 0 spiro atoms. The minimum absolute atomic E-state index is 0.494. The topological polar surface area (TPSA) is 0 Å². The lowest BCUT2D eigenvalue weighted by atomic mass is 9.72. The monoisotopic (exact) mass is 280 g/mol. The van der Waals surface area contributed by atoms with E-state index in [0.717, 1.165) is 17.8 Å². The van der Waals surface area contributed by atoms with Gasteiger partial charge in [0.25, 0.3) is 0 Å². The molecule has 1 rings (SSSR count). The van der Waals surface area contributed by atoms with Gasteiger partial charge in [-0.2, -0.15) is 0 Å². The van der Waals surface area contributed by atoms with Gasteiger partial charge in [-0.1, -0.05) is 87.0 Å². The summed E-state index contributed by atoms with van der Waals surface area (Å²) in [6, 6.07) is 0. The largest absolute Gasteiger partial charge is 0.0654 e. The highest BCUT2D eigenvalue weighted by Crippen LogP contribution is 2.52. The minimum atomic E-state index is 0.494. The van der Waals surface area contributed by atoms with Crippen molar-refractivity contribution in [3.05, 3.63) is 0 Å². The molecule has 1 unspecified atom stereocenters. The van der Waals surface area contributed by atoms with Crippen molar-refractivity contribution in [3.63, 3.8) is 0 Å². The lowest BCUT2D eigenvalue weighted by Gasteiger charge is -2.33. The number of hydrogen-bond acceptors (Lipinski definition) is 0. The molecule has 120 valence electrons. The number of unbranched alkanes of at least 4 members (excludes halogenated alkanes) is 4. The second-order valence-corrected chi connectivity index (χ2v) is 9.47. The van der Waals surface area contributed by atoms with Gasteiger partial charge in [0.2, 0.25) is 0 Å². The van der Waals surface area contributed by atoms with E-state index in [1.165, 1.54) is 51.4 Å². The quantitative estimate of drug-likeness (QED) is 0.456. The van der Waals surface area contributed by atoms with Gasteiger partial charge >= 0.3 is 0 Å². The molecule has 1 aliphatic carbocycles. The summed E-state index contributed by atoms with van der Waals surface area (Å²) in [5.74, 6) is 2.87. The minimum Gasteiger partial charge on any atom is -0.0654 e. The van der Waals surface area contributed by atoms with Gasteiger partial charge in [0.15, 0.2) is 0 Å². The molecule has 0 saturated heterocycles. The first-order valence-corrected chi connectivity index (χ1v) is 9.16. The molecule has 0 bridgehead atoms. The predicted octanol–water partition coefficient (Wildman–Crippen LogP) is 7.08. The Balaban J connectivity index is 2.52. The van der Waals surface area contributed by atoms with Crippen LogP contribution in [0.2, 0.25) is 0 Å². The van der Waals surface area contributed by atoms with E-state index in [4.69, 9.17) is 0 Å². The first kappa shape index (κ1) is 18.1. The van der Waals surface area contributed by atoms with Gasteiger partial charge < -0.3 is 0 Å². The molecule has 0 aliphatic heterocycles. The van der Waals surface area contributed by atoms with Crippen LogP contribution in [0.15, 0.2) is 0 Å². The van der Waals surface area contributed by atoms with E-state index in [2.05, 4.69) is 48.5 Å². The van der Waals surface area contributed by atoms with E-state index in [-0.39, 0.29) is 0 Å². The Labute approximate surface area is 129 Å². The standard InChI is InChI=1S/C20H40/c1-8-9-10-11-12-13-16-14-17(19(2,3)4)15-18(16)20(5,6)7/h16-18H,8-15H2,1-7H3/t16-,17+,18?/m0/s1. The zero-order chi connectivity index (χ0) is 15.4. The molecule has 1 aliphatic rings. The summed E-state index contributed by atoms with van der Waals surface area (Å²) in [4.78, 5) is 0. The Bertz CT molecular complexity index is 263. The lowest BCUT2D eigenvalue weighted by Crippen LogP contribution is -2.24. The molecular weight excluding hydrogens is 240 g/mol. The molecule has 0 N–H and O–H groups in total. The third-order valence-corrected chi connectivity index (χ3v) is 5.71. The fourth-order valence-electron chi connectivity index (χ4n) is 4.22. The van der Waals surface area contributed by atoms with Crippen molar-refractivity contribution in [2.24, 2.45) is 28.6 Å². The van der Waals surface area contributed by atoms with Gasteiger partial charge in [-0.15, -0.1) is 0 Å². The van der Waals surface area contributed by atoms with E-state index in [1.807, 2.05) is 0 Å². The van der Waals surface area contributed by atoms with Gasteiger partial charge in [0.05, 0.1) is 0 Å². The fraction of sp³-hybridized carbons (Fsp3) is 1.00. The molecule has 1 saturated carbocycles. The van der Waals surface area contributed by atoms with Crippen LogP contribution in [0.25, 0.3) is 0 Å². The maximum Gasteiger partial charge on any atom is -0.0334 e. The first-order chi connectivity index (χ1) is 9.16. The molecular formula is C20H40. The van der Waals surface area contributed by atoms with Crippen molar-refractivity contribution in [2.45, 2.75) is 99.8 Å². The van der Waals surface area contributed by atoms with Crippen molar-refractivity contribution < 1.29 is 0 Å². The van der Waals surface area contributed by atoms with Gasteiger partial charge in [0.1, 0.15) is 0 Å². The summed E-state index contributed by atoms with van der Waals surface area (Å²) in [6.45, 7) is 17.0. The highest BCUT2D eigenvalue weighted by molar-refractivity contribution is 4.93. The SMILES string of the molecule is CCCCCCC[C@H]1C[C@@H](C(C)(C)C)CC1C(C)(C)C. The van der Waals surface area contributed by atoms with Gasteiger partial charge in [-0.05, 0) is 41.4 Å². The number of rotatable bonds is 6. The molecule has 0 aromatic carbocycles. The maximum absolute atomic E-state index is 2.47. The molecule has 1 fully saturated rings. The fourth-order valence-corrected chi connectivity index (χ4v) is 4.22. The van der Waals surface area contributed by atoms with Gasteiger partial charge in [0, 0.05) is 0 Å². The third kappa shape index (κ3) is 5.41. The molecule has 0 aromatic heterocycles. The van der Waals surface area contributed by atoms with Crippen LogP contribution in [0.5, 0.6) is 0 Å². The molecule has 0 aromatic rings. The Morgan fingerprint density at radius 2 is 1.35 bits per heavy atom. The molecule has 0 radical (unpaired) electrons. The summed E-state index contributed by atoms with van der Waals surface area (Å²) in [5, 5.41) is 0. The molecule has 0 heteroatoms. The highest BCUT2D eigenvalue weighted by Gasteiger charge is 2.43. The second kappa shape index (κ2) is 7.32. The van der Waals surface area contributed by atoms with Crippen molar-refractivity contribution in [2.75, 3.05) is 0 Å². The predicted molar refractivity (Wildman–Crippen MR) is 92.0 cm³/mol. The molecule has 0 amide bonds. The molecule has 0 nitrogen and oxygen atoms in total. The van der Waals surface area contributed by atoms with Crippen LogP contribution < -0.4 is 0 Å². The highest BCUT2D eigenvalue weighted by atomic mass is 14.5. The zero-order valence-electron chi connectivity index (χ0n) is 15.4. The smallest absolute Gasteiger partial charge is 0.0334 e. The summed E-state index contributed by atoms with van der Waals surface area (Å²) in [6.07, 6.45) is 11.6. The second-order valence-electron chi connectivity index (χ2n) is 9.47. The Kier molecular flexibility index (Phi) is 6.61. The number of hydrogen-bond donors (Lipinski definition) is 0. The van der Waals surface area contributed by atoms with Crippen LogP contribution in [-0.2, 0) is 0 Å². The lowest BCUT2D eigenvalue weighted by molar-refractivity contribution is 0.168. The van der Waals surface area contributed by atoms with Crippen molar-refractivity contribution in [3.8, 4) is 0 Å². The van der Waals surface area contributed by atoms with Crippen molar-refractivity contribution in [1.29, 1.82) is 0 Å². The summed E-state index contributed by atoms with van der Waals surface area (Å²) >= 11 is 0. The molecule has 0 heterocycles. The van der Waals surface area contributed by atoms with Crippen LogP contribution in [0.1, 0.15) is 99.8 Å². The van der Waals surface area contributed by atoms with Crippen LogP contribution in [0.4, 0.5) is 0 Å². The van der Waals surface area contributed by atoms with E-state index in [9.17, 15) is 0 Å². The van der Waals surface area contributed by atoms with E-state index >= 15 is 0 Å². The summed E-state index contributed by atoms with van der Waals surface area (Å²) in [7, 11) is 0. The van der Waals surface area contributed by atoms with Gasteiger partial charge in [-0.3, -0.25) is 0 Å². The van der Waals surface area contributed by atoms with Crippen LogP contribution >= 0.6 is 0 Å². The maximum atomic E-state index is 2.47. The van der Waals surface area contributed by atoms with E-state index in [0.29, 0.717) is 10.8 Å². The Morgan fingerprint density at radius 3 is 1.85 bits per heavy atom. The first-order valence-electron chi connectivity index (χ1n) is 9.16. The van der Waals surface area contributed by atoms with E-state index < -0.39 is 0 Å². The molecule has 3 atom stereocenters. The van der Waals surface area contributed by atoms with Crippen LogP contribution in [-0.4, -0.2) is 0 Å². The van der Waals surface area contributed by atoms with Gasteiger partial charge in [-0.25, -0.2) is 0 Å². The zero-order valence-corrected chi connectivity index (χ0v) is 15.4. The average molecular weight is 281 g/mol. The van der Waals surface area contributed by atoms with Crippen molar-refractivity contribution >= 4 is 0 Å². The Morgan fingerprint density at radius 1 is 0.750 bits per heavy atom. The molecule has 20 heavy (non-hydrogen) atoms.